The number of halogens is 1. The van der Waals surface area contributed by atoms with Crippen LogP contribution in [0.3, 0.4) is 0 Å². The molecule has 2 unspecified atom stereocenters. The zero-order valence-electron chi connectivity index (χ0n) is 14.1. The van der Waals surface area contributed by atoms with Crippen molar-refractivity contribution in [3.05, 3.63) is 15.9 Å². The first-order valence-corrected chi connectivity index (χ1v) is 8.48. The van der Waals surface area contributed by atoms with Crippen LogP contribution >= 0.6 is 15.9 Å². The highest BCUT2D eigenvalue weighted by Crippen LogP contribution is 2.40. The molecule has 0 aliphatic carbocycles. The van der Waals surface area contributed by atoms with Gasteiger partial charge in [-0.3, -0.25) is 4.68 Å². The van der Waals surface area contributed by atoms with Crippen molar-refractivity contribution >= 4 is 15.9 Å². The van der Waals surface area contributed by atoms with E-state index in [0.29, 0.717) is 0 Å². The maximum atomic E-state index is 5.91. The Morgan fingerprint density at radius 3 is 2.57 bits per heavy atom. The van der Waals surface area contributed by atoms with Crippen molar-refractivity contribution in [2.24, 2.45) is 12.5 Å². The van der Waals surface area contributed by atoms with E-state index in [-0.39, 0.29) is 17.1 Å². The van der Waals surface area contributed by atoms with Crippen molar-refractivity contribution in [2.45, 2.75) is 59.1 Å². The average molecular weight is 358 g/mol. The molecule has 1 fully saturated rings. The molecule has 120 valence electrons. The Labute approximate surface area is 136 Å². The van der Waals surface area contributed by atoms with Crippen LogP contribution in [0.25, 0.3) is 0 Å². The summed E-state index contributed by atoms with van der Waals surface area (Å²) in [7, 11) is 2.03. The van der Waals surface area contributed by atoms with Crippen LogP contribution < -0.4 is 5.32 Å². The predicted molar refractivity (Wildman–Crippen MR) is 89.6 cm³/mol. The molecule has 1 aromatic rings. The topological polar surface area (TPSA) is 39.1 Å². The Morgan fingerprint density at radius 1 is 1.48 bits per heavy atom. The smallest absolute Gasteiger partial charge is 0.0738 e. The minimum atomic E-state index is 0.120. The number of hydrogen-bond donors (Lipinski definition) is 1. The highest BCUT2D eigenvalue weighted by molar-refractivity contribution is 9.10. The summed E-state index contributed by atoms with van der Waals surface area (Å²) >= 11 is 3.70. The van der Waals surface area contributed by atoms with Crippen LogP contribution in [0.5, 0.6) is 0 Å². The summed E-state index contributed by atoms with van der Waals surface area (Å²) in [6.45, 7) is 12.7. The van der Waals surface area contributed by atoms with Gasteiger partial charge in [0.15, 0.2) is 0 Å². The molecule has 1 aliphatic heterocycles. The molecular weight excluding hydrogens is 330 g/mol. The molecule has 0 spiro atoms. The van der Waals surface area contributed by atoms with Gasteiger partial charge in [-0.05, 0) is 63.4 Å². The van der Waals surface area contributed by atoms with Crippen molar-refractivity contribution in [2.75, 3.05) is 13.2 Å². The number of rotatable bonds is 4. The Hall–Kier alpha value is -0.390. The third kappa shape index (κ3) is 3.69. The number of nitrogens with zero attached hydrogens (tertiary/aromatic N) is 2. The van der Waals surface area contributed by atoms with Crippen molar-refractivity contribution in [1.29, 1.82) is 0 Å². The van der Waals surface area contributed by atoms with Crippen LogP contribution in [0.2, 0.25) is 0 Å². The molecule has 0 amide bonds. The molecule has 2 atom stereocenters. The lowest BCUT2D eigenvalue weighted by Crippen LogP contribution is -2.48. The highest BCUT2D eigenvalue weighted by Gasteiger charge is 2.43. The maximum absolute atomic E-state index is 5.91. The summed E-state index contributed by atoms with van der Waals surface area (Å²) in [4.78, 5) is 0. The first-order chi connectivity index (χ1) is 9.65. The van der Waals surface area contributed by atoms with Crippen molar-refractivity contribution < 1.29 is 4.74 Å². The molecule has 0 aromatic carbocycles. The summed E-state index contributed by atoms with van der Waals surface area (Å²) in [5, 5.41) is 8.20. The second kappa shape index (κ2) is 6.01. The van der Waals surface area contributed by atoms with Crippen LogP contribution in [0.4, 0.5) is 0 Å². The lowest BCUT2D eigenvalue weighted by Gasteiger charge is -2.36. The van der Waals surface area contributed by atoms with Crippen LogP contribution in [0.15, 0.2) is 4.47 Å². The number of ether oxygens (including phenoxy) is 1. The fourth-order valence-electron chi connectivity index (χ4n) is 2.99. The van der Waals surface area contributed by atoms with Gasteiger partial charge in [0.25, 0.3) is 0 Å². The molecule has 1 aromatic heterocycles. The summed E-state index contributed by atoms with van der Waals surface area (Å²) in [5.41, 5.74) is 2.57. The van der Waals surface area contributed by atoms with Gasteiger partial charge in [0, 0.05) is 31.2 Å². The molecule has 0 saturated carbocycles. The van der Waals surface area contributed by atoms with Gasteiger partial charge in [-0.1, -0.05) is 0 Å². The van der Waals surface area contributed by atoms with Gasteiger partial charge >= 0.3 is 0 Å². The third-order valence-corrected chi connectivity index (χ3v) is 5.61. The predicted octanol–water partition coefficient (Wildman–Crippen LogP) is 3.22. The van der Waals surface area contributed by atoms with E-state index >= 15 is 0 Å². The third-order valence-electron chi connectivity index (χ3n) is 4.58. The van der Waals surface area contributed by atoms with Crippen LogP contribution in [-0.4, -0.2) is 34.6 Å². The molecule has 0 bridgehead atoms. The van der Waals surface area contributed by atoms with E-state index in [1.54, 1.807) is 0 Å². The molecular formula is C16H28BrN3O. The lowest BCUT2D eigenvalue weighted by atomic mass is 9.76. The van der Waals surface area contributed by atoms with E-state index in [0.717, 1.165) is 36.2 Å². The largest absolute Gasteiger partial charge is 0.378 e. The number of nitrogens with one attached hydrogen (secondary N) is 1. The van der Waals surface area contributed by atoms with E-state index in [1.165, 1.54) is 5.69 Å². The molecule has 1 saturated heterocycles. The van der Waals surface area contributed by atoms with Gasteiger partial charge in [0.1, 0.15) is 0 Å². The number of hydrogen-bond acceptors (Lipinski definition) is 3. The number of aromatic nitrogens is 2. The van der Waals surface area contributed by atoms with Crippen molar-refractivity contribution in [3.63, 3.8) is 0 Å². The molecule has 0 radical (unpaired) electrons. The quantitative estimate of drug-likeness (QED) is 0.898. The van der Waals surface area contributed by atoms with Gasteiger partial charge in [0.2, 0.25) is 0 Å². The Morgan fingerprint density at radius 2 is 2.14 bits per heavy atom. The summed E-state index contributed by atoms with van der Waals surface area (Å²) in [6, 6.07) is 0. The van der Waals surface area contributed by atoms with E-state index < -0.39 is 0 Å². The fraction of sp³-hybridized carbons (Fsp3) is 0.812. The first kappa shape index (κ1) is 17.0. The molecule has 4 nitrogen and oxygen atoms in total. The normalized spacial score (nSPS) is 26.5. The highest BCUT2D eigenvalue weighted by atomic mass is 79.9. The molecule has 2 rings (SSSR count). The first-order valence-electron chi connectivity index (χ1n) is 7.69. The maximum Gasteiger partial charge on any atom is 0.0738 e. The van der Waals surface area contributed by atoms with Crippen LogP contribution in [-0.2, 0) is 18.2 Å². The SMILES string of the molecule is Cc1nn(C)c(CC2(CNC(C)(C)C)CCOC2C)c1Br. The molecule has 21 heavy (non-hydrogen) atoms. The summed E-state index contributed by atoms with van der Waals surface area (Å²) in [6.07, 6.45) is 2.33. The second-order valence-electron chi connectivity index (χ2n) is 7.38. The lowest BCUT2D eigenvalue weighted by molar-refractivity contribution is 0.0587. The van der Waals surface area contributed by atoms with Crippen molar-refractivity contribution in [3.8, 4) is 0 Å². The van der Waals surface area contributed by atoms with Gasteiger partial charge in [-0.25, -0.2) is 0 Å². The minimum absolute atomic E-state index is 0.120. The minimum Gasteiger partial charge on any atom is -0.378 e. The zero-order valence-corrected chi connectivity index (χ0v) is 15.7. The van der Waals surface area contributed by atoms with E-state index in [2.05, 4.69) is 54.0 Å². The zero-order chi connectivity index (χ0) is 15.8. The number of aryl methyl sites for hydroxylation is 2. The van der Waals surface area contributed by atoms with Gasteiger partial charge in [0.05, 0.1) is 22.0 Å². The Bertz CT molecular complexity index is 506. The van der Waals surface area contributed by atoms with Crippen molar-refractivity contribution in [1.82, 2.24) is 15.1 Å². The molecule has 1 aliphatic rings. The van der Waals surface area contributed by atoms with Crippen LogP contribution in [0, 0.1) is 12.3 Å². The van der Waals surface area contributed by atoms with E-state index in [1.807, 2.05) is 18.7 Å². The summed E-state index contributed by atoms with van der Waals surface area (Å²) in [5.74, 6) is 0. The van der Waals surface area contributed by atoms with Gasteiger partial charge in [-0.2, -0.15) is 5.10 Å². The Kier molecular flexibility index (Phi) is 4.86. The second-order valence-corrected chi connectivity index (χ2v) is 8.17. The van der Waals surface area contributed by atoms with Gasteiger partial charge < -0.3 is 10.1 Å². The molecule has 5 heteroatoms. The Balaban J connectivity index is 2.25. The fourth-order valence-corrected chi connectivity index (χ4v) is 3.47. The van der Waals surface area contributed by atoms with E-state index in [4.69, 9.17) is 4.74 Å². The summed E-state index contributed by atoms with van der Waals surface area (Å²) < 4.78 is 9.05. The van der Waals surface area contributed by atoms with E-state index in [9.17, 15) is 0 Å². The standard InChI is InChI=1S/C16H28BrN3O/c1-11-14(17)13(20(6)19-11)9-16(7-8-21-12(16)2)10-18-15(3,4)5/h12,18H,7-10H2,1-6H3. The average Bonchev–Trinajstić information content (AvgIpc) is 2.83. The molecule has 2 heterocycles. The monoisotopic (exact) mass is 357 g/mol. The van der Waals surface area contributed by atoms with Gasteiger partial charge in [-0.15, -0.1) is 0 Å². The van der Waals surface area contributed by atoms with Crippen LogP contribution in [0.1, 0.15) is 45.5 Å². The molecule has 1 N–H and O–H groups in total.